The van der Waals surface area contributed by atoms with Gasteiger partial charge in [0.25, 0.3) is 5.91 Å². The molecule has 1 N–H and O–H groups in total. The van der Waals surface area contributed by atoms with Crippen molar-refractivity contribution in [1.29, 1.82) is 0 Å². The van der Waals surface area contributed by atoms with Crippen LogP contribution in [0.5, 0.6) is 0 Å². The first-order valence-electron chi connectivity index (χ1n) is 6.93. The lowest BCUT2D eigenvalue weighted by Crippen LogP contribution is -2.35. The van der Waals surface area contributed by atoms with Gasteiger partial charge in [-0.05, 0) is 19.9 Å². The summed E-state index contributed by atoms with van der Waals surface area (Å²) >= 11 is 14.6. The van der Waals surface area contributed by atoms with Gasteiger partial charge in [-0.25, -0.2) is 4.98 Å². The van der Waals surface area contributed by atoms with E-state index in [0.29, 0.717) is 25.4 Å². The Morgan fingerprint density at radius 1 is 1.41 bits per heavy atom. The molecule has 1 amide bonds. The maximum Gasteiger partial charge on any atom is 0.259 e. The van der Waals surface area contributed by atoms with Crippen molar-refractivity contribution in [2.75, 3.05) is 11.9 Å². The molecule has 0 saturated carbocycles. The highest BCUT2D eigenvalue weighted by molar-refractivity contribution is 7.20. The largest absolute Gasteiger partial charge is 0.298 e. The molecular formula is C14H15Cl2N3OS2. The average Bonchev–Trinajstić information content (AvgIpc) is 2.99. The van der Waals surface area contributed by atoms with Crippen molar-refractivity contribution in [3.05, 3.63) is 30.9 Å². The SMILES string of the molecule is CC(C)N1CCc2nc(NC(=O)c3cc(Cl)sc3Cl)sc2C1. The lowest BCUT2D eigenvalue weighted by molar-refractivity contribution is 0.102. The van der Waals surface area contributed by atoms with Crippen molar-refractivity contribution in [2.24, 2.45) is 0 Å². The van der Waals surface area contributed by atoms with Crippen molar-refractivity contribution in [3.63, 3.8) is 0 Å². The fourth-order valence-electron chi connectivity index (χ4n) is 2.37. The van der Waals surface area contributed by atoms with E-state index in [9.17, 15) is 4.79 Å². The van der Waals surface area contributed by atoms with Crippen molar-refractivity contribution in [3.8, 4) is 0 Å². The number of aromatic nitrogens is 1. The van der Waals surface area contributed by atoms with Crippen LogP contribution in [0.25, 0.3) is 0 Å². The summed E-state index contributed by atoms with van der Waals surface area (Å²) in [5.41, 5.74) is 1.49. The summed E-state index contributed by atoms with van der Waals surface area (Å²) in [6.07, 6.45) is 0.922. The number of nitrogens with one attached hydrogen (secondary N) is 1. The van der Waals surface area contributed by atoms with Gasteiger partial charge in [0, 0.05) is 30.4 Å². The molecule has 8 heteroatoms. The van der Waals surface area contributed by atoms with Crippen molar-refractivity contribution in [2.45, 2.75) is 32.9 Å². The smallest absolute Gasteiger partial charge is 0.259 e. The molecule has 22 heavy (non-hydrogen) atoms. The Kier molecular flexibility index (Phi) is 4.75. The van der Waals surface area contributed by atoms with Crippen LogP contribution in [0.1, 0.15) is 34.8 Å². The van der Waals surface area contributed by atoms with Crippen LogP contribution in [0.4, 0.5) is 5.13 Å². The molecule has 0 unspecified atom stereocenters. The van der Waals surface area contributed by atoms with Gasteiger partial charge in [0.1, 0.15) is 4.34 Å². The molecule has 118 valence electrons. The van der Waals surface area contributed by atoms with Gasteiger partial charge in [-0.1, -0.05) is 23.2 Å². The molecule has 2 aromatic rings. The summed E-state index contributed by atoms with van der Waals surface area (Å²) in [5, 5.41) is 3.45. The van der Waals surface area contributed by atoms with Gasteiger partial charge in [-0.3, -0.25) is 15.0 Å². The Hall–Kier alpha value is -0.660. The minimum atomic E-state index is -0.264. The van der Waals surface area contributed by atoms with E-state index in [1.807, 2.05) is 0 Å². The second-order valence-corrected chi connectivity index (χ2v) is 8.76. The third-order valence-electron chi connectivity index (χ3n) is 3.61. The number of anilines is 1. The van der Waals surface area contributed by atoms with E-state index in [2.05, 4.69) is 29.0 Å². The number of thiazole rings is 1. The summed E-state index contributed by atoms with van der Waals surface area (Å²) in [6.45, 7) is 6.29. The number of carbonyl (C=O) groups is 1. The third kappa shape index (κ3) is 3.31. The van der Waals surface area contributed by atoms with E-state index in [0.717, 1.165) is 25.2 Å². The van der Waals surface area contributed by atoms with E-state index in [4.69, 9.17) is 23.2 Å². The van der Waals surface area contributed by atoms with E-state index >= 15 is 0 Å². The molecule has 1 aliphatic heterocycles. The minimum absolute atomic E-state index is 0.264. The van der Waals surface area contributed by atoms with Crippen LogP contribution in [0.3, 0.4) is 0 Å². The zero-order chi connectivity index (χ0) is 15.9. The zero-order valence-corrected chi connectivity index (χ0v) is 15.3. The van der Waals surface area contributed by atoms with Crippen LogP contribution in [0, 0.1) is 0 Å². The summed E-state index contributed by atoms with van der Waals surface area (Å²) in [7, 11) is 0. The molecular weight excluding hydrogens is 361 g/mol. The zero-order valence-electron chi connectivity index (χ0n) is 12.2. The van der Waals surface area contributed by atoms with Crippen LogP contribution in [0.15, 0.2) is 6.07 Å². The van der Waals surface area contributed by atoms with E-state index < -0.39 is 0 Å². The number of halogens is 2. The molecule has 0 radical (unpaired) electrons. The highest BCUT2D eigenvalue weighted by atomic mass is 35.5. The Balaban J connectivity index is 1.75. The summed E-state index contributed by atoms with van der Waals surface area (Å²) < 4.78 is 0.899. The quantitative estimate of drug-likeness (QED) is 0.856. The molecule has 0 aliphatic carbocycles. The van der Waals surface area contributed by atoms with Gasteiger partial charge in [-0.15, -0.1) is 22.7 Å². The van der Waals surface area contributed by atoms with Gasteiger partial charge < -0.3 is 0 Å². The Morgan fingerprint density at radius 2 is 2.18 bits per heavy atom. The first kappa shape index (κ1) is 16.2. The molecule has 0 atom stereocenters. The predicted molar refractivity (Wildman–Crippen MR) is 93.7 cm³/mol. The van der Waals surface area contributed by atoms with Crippen LogP contribution in [-0.4, -0.2) is 28.4 Å². The van der Waals surface area contributed by atoms with Gasteiger partial charge >= 0.3 is 0 Å². The van der Waals surface area contributed by atoms with Crippen molar-refractivity contribution in [1.82, 2.24) is 9.88 Å². The Labute approximate surface area is 147 Å². The number of amides is 1. The predicted octanol–water partition coefficient (Wildman–Crippen LogP) is 4.53. The second kappa shape index (κ2) is 6.45. The Bertz CT molecular complexity index is 711. The highest BCUT2D eigenvalue weighted by Gasteiger charge is 2.23. The molecule has 0 fully saturated rings. The monoisotopic (exact) mass is 375 g/mol. The van der Waals surface area contributed by atoms with Crippen LogP contribution in [-0.2, 0) is 13.0 Å². The average molecular weight is 376 g/mol. The molecule has 2 aromatic heterocycles. The Morgan fingerprint density at radius 3 is 2.82 bits per heavy atom. The number of hydrogen-bond donors (Lipinski definition) is 1. The fourth-order valence-corrected chi connectivity index (χ4v) is 4.86. The molecule has 0 bridgehead atoms. The fraction of sp³-hybridized carbons (Fsp3) is 0.429. The first-order valence-corrected chi connectivity index (χ1v) is 9.31. The summed E-state index contributed by atoms with van der Waals surface area (Å²) in [6, 6.07) is 2.10. The number of fused-ring (bicyclic) bond motifs is 1. The molecule has 1 aliphatic rings. The maximum absolute atomic E-state index is 12.2. The normalized spacial score (nSPS) is 15.1. The van der Waals surface area contributed by atoms with Gasteiger partial charge in [0.2, 0.25) is 0 Å². The first-order chi connectivity index (χ1) is 10.4. The third-order valence-corrected chi connectivity index (χ3v) is 6.10. The lowest BCUT2D eigenvalue weighted by atomic mass is 10.1. The number of thiophene rings is 1. The van der Waals surface area contributed by atoms with Gasteiger partial charge in [0.05, 0.1) is 15.6 Å². The van der Waals surface area contributed by atoms with Crippen LogP contribution >= 0.6 is 45.9 Å². The lowest BCUT2D eigenvalue weighted by Gasteiger charge is -2.29. The second-order valence-electron chi connectivity index (χ2n) is 5.40. The maximum atomic E-state index is 12.2. The molecule has 0 aromatic carbocycles. The highest BCUT2D eigenvalue weighted by Crippen LogP contribution is 2.33. The van der Waals surface area contributed by atoms with E-state index in [1.54, 1.807) is 6.07 Å². The summed E-state index contributed by atoms with van der Waals surface area (Å²) in [5.74, 6) is -0.264. The van der Waals surface area contributed by atoms with E-state index in [-0.39, 0.29) is 5.91 Å². The van der Waals surface area contributed by atoms with Crippen molar-refractivity contribution < 1.29 is 4.79 Å². The van der Waals surface area contributed by atoms with Crippen LogP contribution in [0.2, 0.25) is 8.67 Å². The molecule has 4 nitrogen and oxygen atoms in total. The molecule has 0 spiro atoms. The standard InChI is InChI=1S/C14H15Cl2N3OS2/c1-7(2)19-4-3-9-10(6-19)21-14(17-9)18-13(20)8-5-11(15)22-12(8)16/h5,7H,3-4,6H2,1-2H3,(H,17,18,20). The summed E-state index contributed by atoms with van der Waals surface area (Å²) in [4.78, 5) is 20.4. The van der Waals surface area contributed by atoms with E-state index in [1.165, 1.54) is 27.6 Å². The minimum Gasteiger partial charge on any atom is -0.298 e. The molecule has 0 saturated heterocycles. The molecule has 3 rings (SSSR count). The number of carbonyl (C=O) groups excluding carboxylic acids is 1. The number of rotatable bonds is 3. The molecule has 3 heterocycles. The van der Waals surface area contributed by atoms with Gasteiger partial charge in [0.15, 0.2) is 5.13 Å². The topological polar surface area (TPSA) is 45.2 Å². The van der Waals surface area contributed by atoms with Crippen molar-refractivity contribution >= 4 is 56.9 Å². The van der Waals surface area contributed by atoms with Crippen LogP contribution < -0.4 is 5.32 Å². The number of hydrogen-bond acceptors (Lipinski definition) is 5. The van der Waals surface area contributed by atoms with Gasteiger partial charge in [-0.2, -0.15) is 0 Å². The number of nitrogens with zero attached hydrogens (tertiary/aromatic N) is 2.